The third-order valence-electron chi connectivity index (χ3n) is 3.46. The summed E-state index contributed by atoms with van der Waals surface area (Å²) >= 11 is 0. The fourth-order valence-corrected chi connectivity index (χ4v) is 2.08. The highest BCUT2D eigenvalue weighted by atomic mass is 15.5. The van der Waals surface area contributed by atoms with E-state index in [1.807, 2.05) is 0 Å². The average Bonchev–Trinajstić information content (AvgIpc) is 2.28. The maximum absolute atomic E-state index is 3.30. The summed E-state index contributed by atoms with van der Waals surface area (Å²) in [4.78, 5) is 0. The second-order valence-electron chi connectivity index (χ2n) is 5.14. The first-order chi connectivity index (χ1) is 8.43. The van der Waals surface area contributed by atoms with Gasteiger partial charge in [0.05, 0.1) is 0 Å². The third-order valence-corrected chi connectivity index (χ3v) is 3.46. The van der Waals surface area contributed by atoms with Crippen LogP contribution in [0, 0.1) is 0 Å². The molecule has 0 unspecified atom stereocenters. The van der Waals surface area contributed by atoms with E-state index in [0.717, 1.165) is 0 Å². The Morgan fingerprint density at radius 3 is 2.18 bits per heavy atom. The molecule has 0 atom stereocenters. The van der Waals surface area contributed by atoms with Crippen molar-refractivity contribution >= 4 is 0 Å². The van der Waals surface area contributed by atoms with Crippen LogP contribution >= 0.6 is 0 Å². The van der Waals surface area contributed by atoms with E-state index >= 15 is 0 Å². The first-order valence-electron chi connectivity index (χ1n) is 7.59. The number of hydrogen-bond acceptors (Lipinski definition) is 2. The van der Waals surface area contributed by atoms with Crippen molar-refractivity contribution in [2.75, 3.05) is 13.1 Å². The van der Waals surface area contributed by atoms with E-state index in [0.29, 0.717) is 0 Å². The Labute approximate surface area is 107 Å². The van der Waals surface area contributed by atoms with Crippen LogP contribution in [0.4, 0.5) is 0 Å². The molecule has 0 saturated carbocycles. The van der Waals surface area contributed by atoms with Gasteiger partial charge in [-0.25, -0.2) is 5.01 Å². The van der Waals surface area contributed by atoms with Crippen molar-refractivity contribution < 1.29 is 0 Å². The number of allylic oxidation sites excluding steroid dienone is 1. The van der Waals surface area contributed by atoms with E-state index in [4.69, 9.17) is 0 Å². The minimum atomic E-state index is 1.21. The molecule has 0 aromatic carbocycles. The average molecular weight is 238 g/mol. The number of hydrogen-bond donors (Lipinski definition) is 1. The van der Waals surface area contributed by atoms with E-state index < -0.39 is 0 Å². The molecule has 0 aliphatic carbocycles. The van der Waals surface area contributed by atoms with E-state index in [9.17, 15) is 0 Å². The first-order valence-corrected chi connectivity index (χ1v) is 7.59. The molecule has 1 rings (SSSR count). The summed E-state index contributed by atoms with van der Waals surface area (Å²) in [6.07, 6.45) is 18.2. The molecule has 2 heteroatoms. The van der Waals surface area contributed by atoms with Gasteiger partial charge in [-0.15, -0.1) is 0 Å². The maximum Gasteiger partial charge on any atom is 0.0191 e. The van der Waals surface area contributed by atoms with Crippen molar-refractivity contribution in [3.8, 4) is 0 Å². The lowest BCUT2D eigenvalue weighted by Crippen LogP contribution is -2.44. The van der Waals surface area contributed by atoms with Crippen LogP contribution in [0.25, 0.3) is 0 Å². The molecule has 1 aliphatic rings. The van der Waals surface area contributed by atoms with Crippen LogP contribution in [0.15, 0.2) is 12.3 Å². The molecule has 0 aromatic rings. The maximum atomic E-state index is 3.30. The van der Waals surface area contributed by atoms with E-state index in [-0.39, 0.29) is 0 Å². The molecule has 0 aromatic heterocycles. The van der Waals surface area contributed by atoms with Crippen molar-refractivity contribution in [1.29, 1.82) is 0 Å². The zero-order valence-corrected chi connectivity index (χ0v) is 11.6. The number of unbranched alkanes of at least 4 members (excludes halogenated alkanes) is 8. The van der Waals surface area contributed by atoms with E-state index in [1.54, 1.807) is 0 Å². The molecule has 0 amide bonds. The van der Waals surface area contributed by atoms with Gasteiger partial charge in [-0.3, -0.25) is 0 Å². The first kappa shape index (κ1) is 14.6. The molecule has 17 heavy (non-hydrogen) atoms. The minimum absolute atomic E-state index is 1.21. The van der Waals surface area contributed by atoms with Crippen LogP contribution in [0.5, 0.6) is 0 Å². The van der Waals surface area contributed by atoms with Gasteiger partial charge in [0, 0.05) is 19.3 Å². The Morgan fingerprint density at radius 2 is 1.59 bits per heavy atom. The molecule has 0 spiro atoms. The SMILES string of the molecule is CCCCCCCCCCC=CNN1CCC1. The molecule has 1 fully saturated rings. The van der Waals surface area contributed by atoms with Crippen molar-refractivity contribution in [2.45, 2.75) is 71.1 Å². The van der Waals surface area contributed by atoms with Gasteiger partial charge >= 0.3 is 0 Å². The predicted molar refractivity (Wildman–Crippen MR) is 75.7 cm³/mol. The minimum Gasteiger partial charge on any atom is -0.326 e. The second-order valence-corrected chi connectivity index (χ2v) is 5.14. The zero-order valence-electron chi connectivity index (χ0n) is 11.6. The Balaban J connectivity index is 1.71. The lowest BCUT2D eigenvalue weighted by atomic mass is 10.1. The van der Waals surface area contributed by atoms with Gasteiger partial charge in [-0.1, -0.05) is 57.9 Å². The standard InChI is InChI=1S/C15H30N2/c1-2-3-4-5-6-7-8-9-10-11-13-16-17-14-12-15-17/h11,13,16H,2-10,12,14-15H2,1H3. The highest BCUT2D eigenvalue weighted by molar-refractivity contribution is 4.80. The largest absolute Gasteiger partial charge is 0.326 e. The topological polar surface area (TPSA) is 15.3 Å². The molecular weight excluding hydrogens is 208 g/mol. The summed E-state index contributed by atoms with van der Waals surface area (Å²) in [5.74, 6) is 0. The summed E-state index contributed by atoms with van der Waals surface area (Å²) in [5, 5.41) is 2.25. The van der Waals surface area contributed by atoms with Gasteiger partial charge in [0.25, 0.3) is 0 Å². The van der Waals surface area contributed by atoms with Crippen LogP contribution in [0.3, 0.4) is 0 Å². The van der Waals surface area contributed by atoms with E-state index in [2.05, 4.69) is 29.6 Å². The van der Waals surface area contributed by atoms with Gasteiger partial charge in [-0.2, -0.15) is 0 Å². The Morgan fingerprint density at radius 1 is 0.941 bits per heavy atom. The number of rotatable bonds is 11. The number of nitrogens with one attached hydrogen (secondary N) is 1. The highest BCUT2D eigenvalue weighted by Gasteiger charge is 2.10. The van der Waals surface area contributed by atoms with Crippen molar-refractivity contribution in [3.05, 3.63) is 12.3 Å². The van der Waals surface area contributed by atoms with Gasteiger partial charge in [0.15, 0.2) is 0 Å². The van der Waals surface area contributed by atoms with Crippen LogP contribution in [0.2, 0.25) is 0 Å². The smallest absolute Gasteiger partial charge is 0.0191 e. The summed E-state index contributed by atoms with van der Waals surface area (Å²) < 4.78 is 0. The predicted octanol–water partition coefficient (Wildman–Crippen LogP) is 4.24. The lowest BCUT2D eigenvalue weighted by molar-refractivity contribution is 0.135. The van der Waals surface area contributed by atoms with Gasteiger partial charge in [0.1, 0.15) is 0 Å². The summed E-state index contributed by atoms with van der Waals surface area (Å²) in [6, 6.07) is 0. The summed E-state index contributed by atoms with van der Waals surface area (Å²) in [5.41, 5.74) is 3.30. The Hall–Kier alpha value is -0.500. The van der Waals surface area contributed by atoms with Crippen LogP contribution in [-0.4, -0.2) is 18.1 Å². The van der Waals surface area contributed by atoms with Crippen molar-refractivity contribution in [2.24, 2.45) is 0 Å². The molecule has 1 N–H and O–H groups in total. The molecular formula is C15H30N2. The van der Waals surface area contributed by atoms with Crippen LogP contribution in [-0.2, 0) is 0 Å². The monoisotopic (exact) mass is 238 g/mol. The fraction of sp³-hybridized carbons (Fsp3) is 0.867. The van der Waals surface area contributed by atoms with Crippen LogP contribution < -0.4 is 5.43 Å². The Bertz CT molecular complexity index is 185. The quantitative estimate of drug-likeness (QED) is 0.542. The summed E-state index contributed by atoms with van der Waals surface area (Å²) in [6.45, 7) is 4.70. The molecule has 1 aliphatic heterocycles. The van der Waals surface area contributed by atoms with Gasteiger partial charge in [0.2, 0.25) is 0 Å². The highest BCUT2D eigenvalue weighted by Crippen LogP contribution is 2.09. The molecule has 1 heterocycles. The molecule has 0 radical (unpaired) electrons. The molecule has 2 nitrogen and oxygen atoms in total. The number of hydrazine groups is 1. The lowest BCUT2D eigenvalue weighted by Gasteiger charge is -2.30. The normalized spacial score (nSPS) is 16.3. The molecule has 1 saturated heterocycles. The fourth-order valence-electron chi connectivity index (χ4n) is 2.08. The Kier molecular flexibility index (Phi) is 9.11. The second kappa shape index (κ2) is 10.6. The van der Waals surface area contributed by atoms with E-state index in [1.165, 1.54) is 77.3 Å². The molecule has 100 valence electrons. The molecule has 0 bridgehead atoms. The zero-order chi connectivity index (χ0) is 12.2. The van der Waals surface area contributed by atoms with Crippen molar-refractivity contribution in [3.63, 3.8) is 0 Å². The van der Waals surface area contributed by atoms with Gasteiger partial charge < -0.3 is 5.43 Å². The van der Waals surface area contributed by atoms with Crippen molar-refractivity contribution in [1.82, 2.24) is 10.4 Å². The number of nitrogens with zero attached hydrogens (tertiary/aromatic N) is 1. The summed E-state index contributed by atoms with van der Waals surface area (Å²) in [7, 11) is 0. The third kappa shape index (κ3) is 8.25. The van der Waals surface area contributed by atoms with Gasteiger partial charge in [-0.05, 0) is 19.3 Å². The van der Waals surface area contributed by atoms with Crippen LogP contribution in [0.1, 0.15) is 71.1 Å².